The summed E-state index contributed by atoms with van der Waals surface area (Å²) in [5, 5.41) is 15.5. The van der Waals surface area contributed by atoms with Crippen LogP contribution in [-0.4, -0.2) is 74.8 Å². The van der Waals surface area contributed by atoms with Crippen LogP contribution in [0, 0.1) is 0 Å². The van der Waals surface area contributed by atoms with Gasteiger partial charge in [0.15, 0.2) is 5.82 Å². The maximum absolute atomic E-state index is 13.4. The summed E-state index contributed by atoms with van der Waals surface area (Å²) in [6.45, 7) is 2.65. The number of nitrogens with zero attached hydrogens (tertiary/aromatic N) is 5. The number of hydrogen-bond donors (Lipinski definition) is 3. The van der Waals surface area contributed by atoms with Gasteiger partial charge in [0, 0.05) is 74.6 Å². The molecule has 1 amide bonds. The van der Waals surface area contributed by atoms with Gasteiger partial charge in [-0.1, -0.05) is 41.4 Å². The van der Waals surface area contributed by atoms with Crippen molar-refractivity contribution in [2.75, 3.05) is 38.7 Å². The number of amides is 1. The zero-order valence-corrected chi connectivity index (χ0v) is 27.7. The molecule has 0 fully saturated rings. The third-order valence-corrected chi connectivity index (χ3v) is 8.79. The minimum absolute atomic E-state index is 0.0958. The van der Waals surface area contributed by atoms with E-state index >= 15 is 0 Å². The van der Waals surface area contributed by atoms with Crippen molar-refractivity contribution in [1.29, 1.82) is 0 Å². The second kappa shape index (κ2) is 15.7. The van der Waals surface area contributed by atoms with E-state index in [-0.39, 0.29) is 23.9 Å². The van der Waals surface area contributed by atoms with Crippen LogP contribution in [0.25, 0.3) is 22.5 Å². The van der Waals surface area contributed by atoms with Gasteiger partial charge in [-0.15, -0.1) is 0 Å². The molecule has 4 aromatic rings. The van der Waals surface area contributed by atoms with Crippen molar-refractivity contribution < 1.29 is 23.8 Å². The number of anilines is 1. The van der Waals surface area contributed by atoms with Crippen molar-refractivity contribution in [3.8, 4) is 28.4 Å². The standard InChI is InChI=1S/C33H36Cl2FN7O4/c1-42-26-12-17-43(16-5-13-36)19-25(26)39-31(42)32(46)40-24-7-3-6-22(28(24)34)30-29(35)21(11-15-38-30)23-10-9-20(33(41-23)47-2)18-37-14-4-8-27(44)45/h3,6-7,9-11,15,37H,4-5,8,12-14,16-19H2,1-2H3,(H,40,46)(H,44,45). The molecule has 1 aliphatic heterocycles. The molecule has 0 atom stereocenters. The van der Waals surface area contributed by atoms with Crippen molar-refractivity contribution >= 4 is 40.8 Å². The Balaban J connectivity index is 1.35. The van der Waals surface area contributed by atoms with Gasteiger partial charge in [0.05, 0.1) is 46.6 Å². The number of nitrogens with one attached hydrogen (secondary N) is 2. The number of carboxylic acid groups (broad SMARTS) is 1. The van der Waals surface area contributed by atoms with E-state index in [0.29, 0.717) is 78.1 Å². The number of carbonyl (C=O) groups excluding carboxylic acids is 1. The largest absolute Gasteiger partial charge is 0.481 e. The average molecular weight is 685 g/mol. The van der Waals surface area contributed by atoms with E-state index in [0.717, 1.165) is 29.9 Å². The van der Waals surface area contributed by atoms with Gasteiger partial charge in [-0.25, -0.2) is 9.97 Å². The first-order valence-electron chi connectivity index (χ1n) is 15.3. The van der Waals surface area contributed by atoms with E-state index in [9.17, 15) is 14.0 Å². The second-order valence-corrected chi connectivity index (χ2v) is 11.9. The van der Waals surface area contributed by atoms with Crippen LogP contribution in [0.3, 0.4) is 0 Å². The minimum Gasteiger partial charge on any atom is -0.481 e. The molecule has 14 heteroatoms. The molecule has 0 unspecified atom stereocenters. The Bertz CT molecular complexity index is 1770. The monoisotopic (exact) mass is 683 g/mol. The molecule has 248 valence electrons. The number of methoxy groups -OCH3 is 1. The molecule has 11 nitrogen and oxygen atoms in total. The molecular formula is C33H36Cl2FN7O4. The van der Waals surface area contributed by atoms with Gasteiger partial charge in [-0.05, 0) is 37.6 Å². The van der Waals surface area contributed by atoms with E-state index in [1.165, 1.54) is 7.11 Å². The summed E-state index contributed by atoms with van der Waals surface area (Å²) in [6, 6.07) is 10.7. The quantitative estimate of drug-likeness (QED) is 0.141. The first-order chi connectivity index (χ1) is 22.7. The van der Waals surface area contributed by atoms with Gasteiger partial charge in [0.1, 0.15) is 0 Å². The highest BCUT2D eigenvalue weighted by Crippen LogP contribution is 2.40. The number of fused-ring (bicyclic) bond motifs is 1. The summed E-state index contributed by atoms with van der Waals surface area (Å²) in [6.07, 6.45) is 3.42. The molecule has 0 spiro atoms. The summed E-state index contributed by atoms with van der Waals surface area (Å²) in [5.41, 5.74) is 5.11. The van der Waals surface area contributed by atoms with Gasteiger partial charge in [-0.3, -0.25) is 23.9 Å². The van der Waals surface area contributed by atoms with E-state index in [4.69, 9.17) is 33.0 Å². The Labute approximate surface area is 282 Å². The van der Waals surface area contributed by atoms with Crippen molar-refractivity contribution in [2.24, 2.45) is 7.05 Å². The summed E-state index contributed by atoms with van der Waals surface area (Å²) in [5.74, 6) is -0.559. The average Bonchev–Trinajstić information content (AvgIpc) is 3.40. The van der Waals surface area contributed by atoms with Crippen LogP contribution in [0.2, 0.25) is 10.0 Å². The number of carboxylic acids is 1. The lowest BCUT2D eigenvalue weighted by Crippen LogP contribution is -2.32. The number of rotatable bonds is 14. The van der Waals surface area contributed by atoms with Gasteiger partial charge in [0.25, 0.3) is 5.91 Å². The summed E-state index contributed by atoms with van der Waals surface area (Å²) >= 11 is 13.8. The van der Waals surface area contributed by atoms with E-state index < -0.39 is 11.9 Å². The molecule has 3 N–H and O–H groups in total. The van der Waals surface area contributed by atoms with Gasteiger partial charge in [-0.2, -0.15) is 0 Å². The lowest BCUT2D eigenvalue weighted by Gasteiger charge is -2.26. The van der Waals surface area contributed by atoms with E-state index in [1.807, 2.05) is 19.2 Å². The smallest absolute Gasteiger partial charge is 0.303 e. The minimum atomic E-state index is -0.829. The Hall–Kier alpha value is -4.10. The van der Waals surface area contributed by atoms with Crippen LogP contribution in [0.4, 0.5) is 10.1 Å². The Morgan fingerprint density at radius 3 is 2.68 bits per heavy atom. The first kappa shape index (κ1) is 34.2. The second-order valence-electron chi connectivity index (χ2n) is 11.1. The SMILES string of the molecule is COc1nc(-c2ccnc(-c3cccc(NC(=O)c4nc5c(n4C)CCN(CCCF)C5)c3Cl)c2Cl)ccc1CNCCCC(=O)O. The van der Waals surface area contributed by atoms with Gasteiger partial charge in [0.2, 0.25) is 5.88 Å². The van der Waals surface area contributed by atoms with Crippen molar-refractivity contribution in [3.05, 3.63) is 75.4 Å². The Morgan fingerprint density at radius 2 is 1.91 bits per heavy atom. The van der Waals surface area contributed by atoms with E-state index in [1.54, 1.807) is 35.0 Å². The number of ether oxygens (including phenoxy) is 1. The molecule has 47 heavy (non-hydrogen) atoms. The third-order valence-electron chi connectivity index (χ3n) is 8.01. The molecule has 1 aliphatic rings. The Morgan fingerprint density at radius 1 is 1.09 bits per heavy atom. The summed E-state index contributed by atoms with van der Waals surface area (Å²) in [4.78, 5) is 40.1. The lowest BCUT2D eigenvalue weighted by molar-refractivity contribution is -0.137. The maximum atomic E-state index is 13.4. The van der Waals surface area contributed by atoms with Crippen LogP contribution in [0.5, 0.6) is 5.88 Å². The molecule has 0 saturated carbocycles. The summed E-state index contributed by atoms with van der Waals surface area (Å²) in [7, 11) is 3.35. The fraction of sp³-hybridized carbons (Fsp3) is 0.364. The number of aromatic nitrogens is 4. The number of hydrogen-bond acceptors (Lipinski definition) is 8. The molecule has 3 aromatic heterocycles. The molecule has 5 rings (SSSR count). The highest BCUT2D eigenvalue weighted by Gasteiger charge is 2.26. The van der Waals surface area contributed by atoms with E-state index in [2.05, 4.69) is 30.5 Å². The molecule has 1 aromatic carbocycles. The highest BCUT2D eigenvalue weighted by molar-refractivity contribution is 6.39. The summed E-state index contributed by atoms with van der Waals surface area (Å²) < 4.78 is 20.0. The molecular weight excluding hydrogens is 648 g/mol. The molecule has 0 saturated heterocycles. The van der Waals surface area contributed by atoms with Crippen molar-refractivity contribution in [3.63, 3.8) is 0 Å². The Kier molecular flexibility index (Phi) is 11.4. The third kappa shape index (κ3) is 7.90. The zero-order chi connectivity index (χ0) is 33.5. The highest BCUT2D eigenvalue weighted by atomic mass is 35.5. The number of imidazole rings is 1. The van der Waals surface area contributed by atoms with Crippen LogP contribution in [0.1, 0.15) is 46.8 Å². The van der Waals surface area contributed by atoms with Crippen molar-refractivity contribution in [1.82, 2.24) is 29.7 Å². The number of benzene rings is 1. The molecule has 0 radical (unpaired) electrons. The first-order valence-corrected chi connectivity index (χ1v) is 16.0. The van der Waals surface area contributed by atoms with Crippen molar-refractivity contribution in [2.45, 2.75) is 38.8 Å². The molecule has 0 aliphatic carbocycles. The predicted octanol–water partition coefficient (Wildman–Crippen LogP) is 5.78. The topological polar surface area (TPSA) is 134 Å². The van der Waals surface area contributed by atoms with Crippen LogP contribution in [-0.2, 0) is 31.4 Å². The molecule has 4 heterocycles. The van der Waals surface area contributed by atoms with Gasteiger partial charge < -0.3 is 25.0 Å². The van der Waals surface area contributed by atoms with Crippen LogP contribution < -0.4 is 15.4 Å². The normalized spacial score (nSPS) is 13.0. The van der Waals surface area contributed by atoms with Crippen LogP contribution in [0.15, 0.2) is 42.6 Å². The number of pyridine rings is 2. The fourth-order valence-corrected chi connectivity index (χ4v) is 6.17. The zero-order valence-electron chi connectivity index (χ0n) is 26.2. The van der Waals surface area contributed by atoms with Crippen LogP contribution >= 0.6 is 23.2 Å². The molecule has 0 bridgehead atoms. The number of carbonyl (C=O) groups is 2. The number of alkyl halides is 1. The van der Waals surface area contributed by atoms with Gasteiger partial charge >= 0.3 is 5.97 Å². The maximum Gasteiger partial charge on any atom is 0.303 e. The lowest BCUT2D eigenvalue weighted by atomic mass is 10.1. The fourth-order valence-electron chi connectivity index (χ4n) is 5.60. The number of halogens is 3. The number of aliphatic carboxylic acids is 1. The predicted molar refractivity (Wildman–Crippen MR) is 179 cm³/mol.